The predicted molar refractivity (Wildman–Crippen MR) is 70.4 cm³/mol. The summed E-state index contributed by atoms with van der Waals surface area (Å²) in [6, 6.07) is 4.08. The van der Waals surface area contributed by atoms with E-state index >= 15 is 0 Å². The summed E-state index contributed by atoms with van der Waals surface area (Å²) in [5.41, 5.74) is 14.2. The van der Waals surface area contributed by atoms with Crippen molar-refractivity contribution in [3.8, 4) is 5.75 Å². The van der Waals surface area contributed by atoms with E-state index in [1.165, 1.54) is 0 Å². The molecule has 1 aromatic carbocycles. The zero-order valence-electron chi connectivity index (χ0n) is 10.5. The van der Waals surface area contributed by atoms with Crippen molar-refractivity contribution in [1.29, 1.82) is 0 Å². The van der Waals surface area contributed by atoms with Gasteiger partial charge < -0.3 is 16.2 Å². The summed E-state index contributed by atoms with van der Waals surface area (Å²) >= 11 is 0. The maximum atomic E-state index is 6.22. The highest BCUT2D eigenvalue weighted by Gasteiger charge is 2.23. The standard InChI is InChI=1S/C13H18N4O/c1-8(14)7-17-13-9(6-16-17)2-3-11-12(13)10(15)4-5-18-11/h2-3,6,8,10H,4-5,7,14-15H2,1H3/t8-,10?/m0/s1. The number of hydrogen-bond donors (Lipinski definition) is 2. The molecule has 0 saturated heterocycles. The quantitative estimate of drug-likeness (QED) is 0.833. The highest BCUT2D eigenvalue weighted by atomic mass is 16.5. The van der Waals surface area contributed by atoms with E-state index in [9.17, 15) is 0 Å². The van der Waals surface area contributed by atoms with Crippen LogP contribution >= 0.6 is 0 Å². The Morgan fingerprint density at radius 3 is 3.17 bits per heavy atom. The Kier molecular flexibility index (Phi) is 2.72. The molecule has 1 unspecified atom stereocenters. The largest absolute Gasteiger partial charge is 0.493 e. The fourth-order valence-electron chi connectivity index (χ4n) is 2.52. The van der Waals surface area contributed by atoms with Crippen molar-refractivity contribution in [3.05, 3.63) is 23.9 Å². The molecule has 2 heterocycles. The maximum absolute atomic E-state index is 6.22. The number of fused-ring (bicyclic) bond motifs is 3. The molecule has 2 atom stereocenters. The first kappa shape index (κ1) is 11.5. The highest BCUT2D eigenvalue weighted by molar-refractivity contribution is 5.85. The van der Waals surface area contributed by atoms with Crippen molar-refractivity contribution >= 4 is 10.9 Å². The molecule has 5 heteroatoms. The summed E-state index contributed by atoms with van der Waals surface area (Å²) in [5.74, 6) is 0.882. The van der Waals surface area contributed by atoms with Gasteiger partial charge in [0, 0.05) is 29.5 Å². The van der Waals surface area contributed by atoms with E-state index in [0.29, 0.717) is 13.2 Å². The van der Waals surface area contributed by atoms with Crippen molar-refractivity contribution in [1.82, 2.24) is 9.78 Å². The van der Waals surface area contributed by atoms with Gasteiger partial charge >= 0.3 is 0 Å². The molecule has 3 rings (SSSR count). The van der Waals surface area contributed by atoms with Gasteiger partial charge in [-0.05, 0) is 19.1 Å². The smallest absolute Gasteiger partial charge is 0.126 e. The fourth-order valence-corrected chi connectivity index (χ4v) is 2.52. The van der Waals surface area contributed by atoms with Crippen LogP contribution in [0.3, 0.4) is 0 Å². The molecule has 1 aliphatic heterocycles. The van der Waals surface area contributed by atoms with Gasteiger partial charge in [0.2, 0.25) is 0 Å². The van der Waals surface area contributed by atoms with Crippen LogP contribution in [0, 0.1) is 0 Å². The van der Waals surface area contributed by atoms with Gasteiger partial charge in [0.15, 0.2) is 0 Å². The topological polar surface area (TPSA) is 79.1 Å². The minimum Gasteiger partial charge on any atom is -0.493 e. The summed E-state index contributed by atoms with van der Waals surface area (Å²) < 4.78 is 7.62. The Bertz CT molecular complexity index is 576. The van der Waals surface area contributed by atoms with Crippen LogP contribution in [0.4, 0.5) is 0 Å². The van der Waals surface area contributed by atoms with Crippen LogP contribution in [0.25, 0.3) is 10.9 Å². The molecule has 5 nitrogen and oxygen atoms in total. The van der Waals surface area contributed by atoms with Crippen LogP contribution < -0.4 is 16.2 Å². The summed E-state index contributed by atoms with van der Waals surface area (Å²) in [7, 11) is 0. The lowest BCUT2D eigenvalue weighted by Gasteiger charge is -2.24. The van der Waals surface area contributed by atoms with Crippen LogP contribution in [0.2, 0.25) is 0 Å². The molecule has 0 spiro atoms. The summed E-state index contributed by atoms with van der Waals surface area (Å²) in [6.07, 6.45) is 2.70. The molecule has 0 bridgehead atoms. The van der Waals surface area contributed by atoms with E-state index in [1.54, 1.807) is 0 Å². The van der Waals surface area contributed by atoms with Gasteiger partial charge in [0.05, 0.1) is 24.9 Å². The Balaban J connectivity index is 2.21. The third kappa shape index (κ3) is 1.76. The zero-order chi connectivity index (χ0) is 12.7. The van der Waals surface area contributed by atoms with Gasteiger partial charge in [-0.25, -0.2) is 0 Å². The molecule has 0 saturated carbocycles. The molecular formula is C13H18N4O. The van der Waals surface area contributed by atoms with Gasteiger partial charge in [-0.2, -0.15) is 5.10 Å². The number of hydrogen-bond acceptors (Lipinski definition) is 4. The molecule has 2 aromatic rings. The first-order valence-corrected chi connectivity index (χ1v) is 6.29. The first-order chi connectivity index (χ1) is 8.66. The van der Waals surface area contributed by atoms with E-state index in [2.05, 4.69) is 5.10 Å². The fraction of sp³-hybridized carbons (Fsp3) is 0.462. The van der Waals surface area contributed by atoms with Gasteiger partial charge in [-0.3, -0.25) is 4.68 Å². The van der Waals surface area contributed by atoms with Crippen molar-refractivity contribution in [3.63, 3.8) is 0 Å². The van der Waals surface area contributed by atoms with Gasteiger partial charge in [-0.1, -0.05) is 0 Å². The SMILES string of the molecule is C[C@H](N)Cn1ncc2ccc3c(c21)C(N)CCO3. The van der Waals surface area contributed by atoms with Crippen LogP contribution in [0.15, 0.2) is 18.3 Å². The average molecular weight is 246 g/mol. The molecule has 18 heavy (non-hydrogen) atoms. The number of ether oxygens (including phenoxy) is 1. The summed E-state index contributed by atoms with van der Waals surface area (Å²) in [5, 5.41) is 5.50. The molecule has 0 amide bonds. The van der Waals surface area contributed by atoms with E-state index < -0.39 is 0 Å². The predicted octanol–water partition coefficient (Wildman–Crippen LogP) is 1.17. The highest BCUT2D eigenvalue weighted by Crippen LogP contribution is 2.36. The normalized spacial score (nSPS) is 20.5. The van der Waals surface area contributed by atoms with Crippen molar-refractivity contribution < 1.29 is 4.74 Å². The van der Waals surface area contributed by atoms with E-state index in [-0.39, 0.29) is 12.1 Å². The van der Waals surface area contributed by atoms with Crippen LogP contribution in [-0.2, 0) is 6.54 Å². The molecule has 0 fully saturated rings. The lowest BCUT2D eigenvalue weighted by molar-refractivity contribution is 0.270. The second-order valence-corrected chi connectivity index (χ2v) is 4.96. The second kappa shape index (κ2) is 4.26. The summed E-state index contributed by atoms with van der Waals surface area (Å²) in [4.78, 5) is 0. The molecule has 0 aliphatic carbocycles. The molecule has 96 valence electrons. The number of nitrogens with zero attached hydrogens (tertiary/aromatic N) is 2. The van der Waals surface area contributed by atoms with Crippen molar-refractivity contribution in [2.24, 2.45) is 11.5 Å². The lowest BCUT2D eigenvalue weighted by atomic mass is 9.99. The minimum atomic E-state index is 0.0148. The monoisotopic (exact) mass is 246 g/mol. The average Bonchev–Trinajstić information content (AvgIpc) is 2.72. The third-order valence-electron chi connectivity index (χ3n) is 3.32. The molecule has 1 aromatic heterocycles. The van der Waals surface area contributed by atoms with Gasteiger partial charge in [-0.15, -0.1) is 0 Å². The Labute approximate surface area is 106 Å². The van der Waals surface area contributed by atoms with Crippen LogP contribution in [-0.4, -0.2) is 22.4 Å². The van der Waals surface area contributed by atoms with Crippen molar-refractivity contribution in [2.45, 2.75) is 32.0 Å². The number of aromatic nitrogens is 2. The van der Waals surface area contributed by atoms with E-state index in [4.69, 9.17) is 16.2 Å². The first-order valence-electron chi connectivity index (χ1n) is 6.29. The molecular weight excluding hydrogens is 228 g/mol. The number of rotatable bonds is 2. The third-order valence-corrected chi connectivity index (χ3v) is 3.32. The van der Waals surface area contributed by atoms with E-state index in [0.717, 1.165) is 28.6 Å². The van der Waals surface area contributed by atoms with Crippen molar-refractivity contribution in [2.75, 3.05) is 6.61 Å². The van der Waals surface area contributed by atoms with Crippen LogP contribution in [0.1, 0.15) is 24.9 Å². The summed E-state index contributed by atoms with van der Waals surface area (Å²) in [6.45, 7) is 3.34. The molecule has 1 aliphatic rings. The number of nitrogens with two attached hydrogens (primary N) is 2. The number of benzene rings is 1. The zero-order valence-corrected chi connectivity index (χ0v) is 10.5. The minimum absolute atomic E-state index is 0.0148. The lowest BCUT2D eigenvalue weighted by Crippen LogP contribution is -2.25. The maximum Gasteiger partial charge on any atom is 0.126 e. The Hall–Kier alpha value is -1.59. The molecule has 4 N–H and O–H groups in total. The molecule has 0 radical (unpaired) electrons. The Morgan fingerprint density at radius 1 is 1.56 bits per heavy atom. The van der Waals surface area contributed by atoms with Crippen LogP contribution in [0.5, 0.6) is 5.75 Å². The second-order valence-electron chi connectivity index (χ2n) is 4.96. The van der Waals surface area contributed by atoms with Gasteiger partial charge in [0.25, 0.3) is 0 Å². The Morgan fingerprint density at radius 2 is 2.39 bits per heavy atom. The van der Waals surface area contributed by atoms with Gasteiger partial charge in [0.1, 0.15) is 5.75 Å². The van der Waals surface area contributed by atoms with E-state index in [1.807, 2.05) is 29.9 Å².